The van der Waals surface area contributed by atoms with E-state index in [1.165, 1.54) is 70.8 Å². The van der Waals surface area contributed by atoms with Crippen molar-refractivity contribution in [3.63, 3.8) is 0 Å². The maximum absolute atomic E-state index is 4.00. The summed E-state index contributed by atoms with van der Waals surface area (Å²) in [4.78, 5) is 0. The minimum atomic E-state index is 0.637. The van der Waals surface area contributed by atoms with Gasteiger partial charge >= 0.3 is 0 Å². The zero-order valence-corrected chi connectivity index (χ0v) is 13.5. The van der Waals surface area contributed by atoms with Crippen LogP contribution < -0.4 is 5.32 Å². The summed E-state index contributed by atoms with van der Waals surface area (Å²) in [7, 11) is 0. The third-order valence-corrected chi connectivity index (χ3v) is 5.56. The molecule has 0 aromatic rings. The first kappa shape index (κ1) is 15.4. The van der Waals surface area contributed by atoms with Crippen LogP contribution in [0.1, 0.15) is 85.0 Å². The predicted molar refractivity (Wildman–Crippen MR) is 84.4 cm³/mol. The maximum Gasteiger partial charge on any atom is 0.0152 e. The molecule has 2 aliphatic rings. The zero-order valence-electron chi connectivity index (χ0n) is 13.5. The Hall–Kier alpha value is -0.0400. The van der Waals surface area contributed by atoms with Crippen molar-refractivity contribution in [2.45, 2.75) is 91.0 Å². The first-order valence-corrected chi connectivity index (χ1v) is 8.91. The second-order valence-corrected chi connectivity index (χ2v) is 7.64. The van der Waals surface area contributed by atoms with E-state index in [2.05, 4.69) is 26.1 Å². The Morgan fingerprint density at radius 2 is 1.68 bits per heavy atom. The monoisotopic (exact) mass is 265 g/mol. The molecule has 1 unspecified atom stereocenters. The van der Waals surface area contributed by atoms with Gasteiger partial charge in [-0.2, -0.15) is 0 Å². The smallest absolute Gasteiger partial charge is 0.0152 e. The molecule has 0 radical (unpaired) electrons. The summed E-state index contributed by atoms with van der Waals surface area (Å²) in [6.45, 7) is 8.38. The van der Waals surface area contributed by atoms with Crippen LogP contribution in [-0.4, -0.2) is 12.6 Å². The van der Waals surface area contributed by atoms with E-state index in [4.69, 9.17) is 0 Å². The molecule has 0 aromatic carbocycles. The molecular formula is C18H35N. The topological polar surface area (TPSA) is 12.0 Å². The highest BCUT2D eigenvalue weighted by atomic mass is 14.9. The van der Waals surface area contributed by atoms with Gasteiger partial charge in [-0.15, -0.1) is 0 Å². The van der Waals surface area contributed by atoms with Crippen molar-refractivity contribution < 1.29 is 0 Å². The van der Waals surface area contributed by atoms with Crippen LogP contribution in [0.3, 0.4) is 0 Å². The Morgan fingerprint density at radius 1 is 1.05 bits per heavy atom. The molecule has 1 N–H and O–H groups in total. The highest BCUT2D eigenvalue weighted by Crippen LogP contribution is 2.50. The Kier molecular flexibility index (Phi) is 5.74. The first-order valence-electron chi connectivity index (χ1n) is 8.91. The summed E-state index contributed by atoms with van der Waals surface area (Å²) >= 11 is 0. The van der Waals surface area contributed by atoms with E-state index in [9.17, 15) is 0 Å². The quantitative estimate of drug-likeness (QED) is 0.671. The standard InChI is InChI=1S/C18H35N/c1-4-13-19-17(16-9-5-6-10-16)18(14-15(2)3)11-7-8-12-18/h15-17,19H,4-14H2,1-3H3. The van der Waals surface area contributed by atoms with E-state index < -0.39 is 0 Å². The van der Waals surface area contributed by atoms with Crippen LogP contribution in [0.4, 0.5) is 0 Å². The van der Waals surface area contributed by atoms with Crippen molar-refractivity contribution in [3.8, 4) is 0 Å². The minimum Gasteiger partial charge on any atom is -0.313 e. The minimum absolute atomic E-state index is 0.637. The van der Waals surface area contributed by atoms with Gasteiger partial charge in [0.1, 0.15) is 0 Å². The van der Waals surface area contributed by atoms with Crippen molar-refractivity contribution in [1.82, 2.24) is 5.32 Å². The van der Waals surface area contributed by atoms with E-state index in [0.29, 0.717) is 5.41 Å². The molecule has 0 aromatic heterocycles. The lowest BCUT2D eigenvalue weighted by atomic mass is 9.68. The van der Waals surface area contributed by atoms with Gasteiger partial charge in [-0.3, -0.25) is 0 Å². The lowest BCUT2D eigenvalue weighted by molar-refractivity contribution is 0.111. The van der Waals surface area contributed by atoms with Crippen LogP contribution in [0, 0.1) is 17.3 Å². The third kappa shape index (κ3) is 3.74. The fraction of sp³-hybridized carbons (Fsp3) is 1.00. The maximum atomic E-state index is 4.00. The second-order valence-electron chi connectivity index (χ2n) is 7.64. The van der Waals surface area contributed by atoms with E-state index in [-0.39, 0.29) is 0 Å². The Bertz CT molecular complexity index is 246. The molecule has 19 heavy (non-hydrogen) atoms. The zero-order chi connectivity index (χ0) is 13.7. The van der Waals surface area contributed by atoms with Gasteiger partial charge in [0.05, 0.1) is 0 Å². The van der Waals surface area contributed by atoms with Crippen molar-refractivity contribution in [3.05, 3.63) is 0 Å². The highest BCUT2D eigenvalue weighted by molar-refractivity contribution is 4.99. The molecule has 0 spiro atoms. The van der Waals surface area contributed by atoms with Crippen LogP contribution in [0.15, 0.2) is 0 Å². The molecule has 2 rings (SSSR count). The van der Waals surface area contributed by atoms with Crippen LogP contribution in [-0.2, 0) is 0 Å². The molecule has 0 bridgehead atoms. The van der Waals surface area contributed by atoms with Gasteiger partial charge in [-0.1, -0.05) is 46.5 Å². The van der Waals surface area contributed by atoms with Gasteiger partial charge in [-0.25, -0.2) is 0 Å². The molecule has 1 heteroatoms. The predicted octanol–water partition coefficient (Wildman–Crippen LogP) is 5.15. The molecule has 2 saturated carbocycles. The fourth-order valence-electron chi connectivity index (χ4n) is 5.01. The van der Waals surface area contributed by atoms with Gasteiger partial charge in [0, 0.05) is 6.04 Å². The van der Waals surface area contributed by atoms with Gasteiger partial charge in [0.25, 0.3) is 0 Å². The SMILES string of the molecule is CCCNC(C1CCCC1)C1(CC(C)C)CCCC1. The molecular weight excluding hydrogens is 230 g/mol. The van der Waals surface area contributed by atoms with Crippen LogP contribution in [0.5, 0.6) is 0 Å². The average molecular weight is 265 g/mol. The van der Waals surface area contributed by atoms with Crippen molar-refractivity contribution in [2.75, 3.05) is 6.54 Å². The van der Waals surface area contributed by atoms with Crippen molar-refractivity contribution in [2.24, 2.45) is 17.3 Å². The fourth-order valence-corrected chi connectivity index (χ4v) is 5.01. The van der Waals surface area contributed by atoms with Crippen LogP contribution >= 0.6 is 0 Å². The van der Waals surface area contributed by atoms with Crippen molar-refractivity contribution >= 4 is 0 Å². The molecule has 1 atom stereocenters. The summed E-state index contributed by atoms with van der Waals surface area (Å²) < 4.78 is 0. The summed E-state index contributed by atoms with van der Waals surface area (Å²) in [5, 5.41) is 4.00. The lowest BCUT2D eigenvalue weighted by Crippen LogP contribution is -2.49. The van der Waals surface area contributed by atoms with E-state index in [1.54, 1.807) is 0 Å². The molecule has 112 valence electrons. The molecule has 0 amide bonds. The van der Waals surface area contributed by atoms with E-state index >= 15 is 0 Å². The van der Waals surface area contributed by atoms with E-state index in [0.717, 1.165) is 17.9 Å². The Balaban J connectivity index is 2.11. The number of hydrogen-bond donors (Lipinski definition) is 1. The summed E-state index contributed by atoms with van der Waals surface area (Å²) in [5.41, 5.74) is 0.637. The normalized spacial score (nSPS) is 25.3. The number of rotatable bonds is 7. The van der Waals surface area contributed by atoms with Gasteiger partial charge < -0.3 is 5.32 Å². The largest absolute Gasteiger partial charge is 0.313 e. The summed E-state index contributed by atoms with van der Waals surface area (Å²) in [6.07, 6.45) is 14.6. The van der Waals surface area contributed by atoms with Gasteiger partial charge in [-0.05, 0) is 62.3 Å². The molecule has 0 saturated heterocycles. The third-order valence-electron chi connectivity index (χ3n) is 5.56. The average Bonchev–Trinajstić information content (AvgIpc) is 3.01. The van der Waals surface area contributed by atoms with Crippen LogP contribution in [0.25, 0.3) is 0 Å². The molecule has 1 nitrogen and oxygen atoms in total. The molecule has 2 fully saturated rings. The van der Waals surface area contributed by atoms with Gasteiger partial charge in [0.15, 0.2) is 0 Å². The lowest BCUT2D eigenvalue weighted by Gasteiger charge is -2.43. The Labute approximate surface area is 120 Å². The summed E-state index contributed by atoms with van der Waals surface area (Å²) in [6, 6.07) is 0.819. The van der Waals surface area contributed by atoms with Gasteiger partial charge in [0.2, 0.25) is 0 Å². The molecule has 0 heterocycles. The Morgan fingerprint density at radius 3 is 2.21 bits per heavy atom. The molecule has 2 aliphatic carbocycles. The highest BCUT2D eigenvalue weighted by Gasteiger charge is 2.44. The number of nitrogens with one attached hydrogen (secondary N) is 1. The molecule has 0 aliphatic heterocycles. The summed E-state index contributed by atoms with van der Waals surface area (Å²) in [5.74, 6) is 1.83. The number of hydrogen-bond acceptors (Lipinski definition) is 1. The van der Waals surface area contributed by atoms with Crippen molar-refractivity contribution in [1.29, 1.82) is 0 Å². The second kappa shape index (κ2) is 7.11. The van der Waals surface area contributed by atoms with E-state index in [1.807, 2.05) is 0 Å². The van der Waals surface area contributed by atoms with Crippen LogP contribution in [0.2, 0.25) is 0 Å². The first-order chi connectivity index (χ1) is 9.18.